The number of carbonyl (C=O) groups is 1. The first-order chi connectivity index (χ1) is 14.0. The van der Waals surface area contributed by atoms with Gasteiger partial charge in [-0.05, 0) is 35.0 Å². The van der Waals surface area contributed by atoms with E-state index in [4.69, 9.17) is 4.74 Å². The molecule has 8 heteroatoms. The largest absolute Gasteiger partial charge is 0.480 e. The highest BCUT2D eigenvalue weighted by atomic mass is 79.9. The molecule has 0 saturated heterocycles. The molecule has 29 heavy (non-hydrogen) atoms. The molecule has 5 nitrogen and oxygen atoms in total. The monoisotopic (exact) mass is 531 g/mol. The minimum Gasteiger partial charge on any atom is -0.480 e. The number of fused-ring (bicyclic) bond motifs is 1. The second-order valence-electron chi connectivity index (χ2n) is 6.31. The highest BCUT2D eigenvalue weighted by molar-refractivity contribution is 9.11. The number of anilines is 1. The van der Waals surface area contributed by atoms with Crippen LogP contribution in [0.1, 0.15) is 5.56 Å². The molecule has 4 aromatic rings. The van der Waals surface area contributed by atoms with E-state index in [0.717, 1.165) is 25.6 Å². The van der Waals surface area contributed by atoms with Crippen LogP contribution in [0.4, 0.5) is 5.13 Å². The second kappa shape index (κ2) is 8.61. The number of aromatic nitrogens is 2. The van der Waals surface area contributed by atoms with Gasteiger partial charge in [0.25, 0.3) is 5.91 Å². The quantitative estimate of drug-likeness (QED) is 0.332. The molecule has 0 spiro atoms. The fourth-order valence-electron chi connectivity index (χ4n) is 2.77. The summed E-state index contributed by atoms with van der Waals surface area (Å²) in [5.41, 5.74) is 3.71. The first-order valence-corrected chi connectivity index (χ1v) is 11.2. The van der Waals surface area contributed by atoms with Gasteiger partial charge in [-0.15, -0.1) is 11.3 Å². The summed E-state index contributed by atoms with van der Waals surface area (Å²) < 4.78 is 7.40. The molecule has 0 fully saturated rings. The number of benzene rings is 2. The summed E-state index contributed by atoms with van der Waals surface area (Å²) in [6, 6.07) is 13.8. The number of amides is 1. The van der Waals surface area contributed by atoms with Gasteiger partial charge in [-0.3, -0.25) is 15.1 Å². The summed E-state index contributed by atoms with van der Waals surface area (Å²) in [7, 11) is 0. The maximum Gasteiger partial charge on any atom is 0.264 e. The lowest BCUT2D eigenvalue weighted by Crippen LogP contribution is -2.20. The van der Waals surface area contributed by atoms with Crippen LogP contribution >= 0.6 is 43.2 Å². The SMILES string of the molecule is Cc1ccc(-c2csc(NC(=O)COc3c(Br)cc(Br)c4cccnc34)n2)cc1. The van der Waals surface area contributed by atoms with Crippen molar-refractivity contribution in [3.05, 3.63) is 68.6 Å². The van der Waals surface area contributed by atoms with Gasteiger partial charge in [-0.2, -0.15) is 0 Å². The Bertz CT molecular complexity index is 1190. The third-order valence-corrected chi connectivity index (χ3v) is 6.20. The molecule has 1 amide bonds. The van der Waals surface area contributed by atoms with Gasteiger partial charge in [0, 0.05) is 27.0 Å². The van der Waals surface area contributed by atoms with E-state index in [2.05, 4.69) is 47.1 Å². The van der Waals surface area contributed by atoms with Crippen LogP contribution in [0.3, 0.4) is 0 Å². The Hall–Kier alpha value is -2.29. The molecule has 0 bridgehead atoms. The third-order valence-electron chi connectivity index (χ3n) is 4.20. The molecule has 0 aliphatic heterocycles. The predicted octanol–water partition coefficient (Wildman–Crippen LogP) is 6.21. The van der Waals surface area contributed by atoms with Crippen LogP contribution < -0.4 is 10.1 Å². The van der Waals surface area contributed by atoms with Crippen molar-refractivity contribution in [1.29, 1.82) is 0 Å². The Morgan fingerprint density at radius 3 is 2.76 bits per heavy atom. The molecule has 0 atom stereocenters. The maximum absolute atomic E-state index is 12.4. The number of pyridine rings is 1. The van der Waals surface area contributed by atoms with E-state index < -0.39 is 0 Å². The molecule has 2 heterocycles. The van der Waals surface area contributed by atoms with Crippen LogP contribution in [0.2, 0.25) is 0 Å². The van der Waals surface area contributed by atoms with Gasteiger partial charge < -0.3 is 4.74 Å². The normalized spacial score (nSPS) is 10.9. The number of halogens is 2. The molecule has 1 N–H and O–H groups in total. The summed E-state index contributed by atoms with van der Waals surface area (Å²) >= 11 is 8.38. The number of thiazole rings is 1. The lowest BCUT2D eigenvalue weighted by atomic mass is 10.1. The average Bonchev–Trinajstić information content (AvgIpc) is 3.16. The van der Waals surface area contributed by atoms with Gasteiger partial charge in [-0.25, -0.2) is 4.98 Å². The van der Waals surface area contributed by atoms with Gasteiger partial charge in [0.05, 0.1) is 10.2 Å². The number of nitrogens with zero attached hydrogens (tertiary/aromatic N) is 2. The molecule has 2 aromatic carbocycles. The van der Waals surface area contributed by atoms with Crippen LogP contribution in [-0.2, 0) is 4.79 Å². The Morgan fingerprint density at radius 2 is 1.97 bits per heavy atom. The van der Waals surface area contributed by atoms with Gasteiger partial charge >= 0.3 is 0 Å². The van der Waals surface area contributed by atoms with E-state index >= 15 is 0 Å². The Kier molecular flexibility index (Phi) is 5.94. The van der Waals surface area contributed by atoms with Crippen molar-refractivity contribution in [3.63, 3.8) is 0 Å². The average molecular weight is 533 g/mol. The summed E-state index contributed by atoms with van der Waals surface area (Å²) in [5, 5.41) is 6.16. The van der Waals surface area contributed by atoms with E-state index in [1.165, 1.54) is 16.9 Å². The minimum atomic E-state index is -0.284. The molecule has 2 aromatic heterocycles. The van der Waals surface area contributed by atoms with Crippen molar-refractivity contribution < 1.29 is 9.53 Å². The molecule has 0 unspecified atom stereocenters. The van der Waals surface area contributed by atoms with Gasteiger partial charge in [0.2, 0.25) is 0 Å². The van der Waals surface area contributed by atoms with Crippen LogP contribution in [0, 0.1) is 6.92 Å². The zero-order valence-corrected chi connectivity index (χ0v) is 19.3. The smallest absolute Gasteiger partial charge is 0.264 e. The number of hydrogen-bond donors (Lipinski definition) is 1. The predicted molar refractivity (Wildman–Crippen MR) is 124 cm³/mol. The molecule has 0 aliphatic rings. The fraction of sp³-hybridized carbons (Fsp3) is 0.0952. The molecule has 0 radical (unpaired) electrons. The lowest BCUT2D eigenvalue weighted by Gasteiger charge is -2.11. The lowest BCUT2D eigenvalue weighted by molar-refractivity contribution is -0.118. The van der Waals surface area contributed by atoms with E-state index in [-0.39, 0.29) is 12.5 Å². The van der Waals surface area contributed by atoms with Crippen LogP contribution in [0.25, 0.3) is 22.2 Å². The molecular weight excluding hydrogens is 518 g/mol. The highest BCUT2D eigenvalue weighted by Crippen LogP contribution is 2.37. The standard InChI is InChI=1S/C21H15Br2N3O2S/c1-12-4-6-13(7-5-12)17-11-29-21(25-17)26-18(27)10-28-20-16(23)9-15(22)14-3-2-8-24-19(14)20/h2-9,11H,10H2,1H3,(H,25,26,27). The van der Waals surface area contributed by atoms with Gasteiger partial charge in [0.1, 0.15) is 5.52 Å². The van der Waals surface area contributed by atoms with Crippen molar-refractivity contribution in [2.75, 3.05) is 11.9 Å². The van der Waals surface area contributed by atoms with E-state index in [0.29, 0.717) is 16.4 Å². The summed E-state index contributed by atoms with van der Waals surface area (Å²) in [5.74, 6) is 0.243. The Morgan fingerprint density at radius 1 is 1.17 bits per heavy atom. The first-order valence-electron chi connectivity index (χ1n) is 8.69. The zero-order chi connectivity index (χ0) is 20.4. The maximum atomic E-state index is 12.4. The van der Waals surface area contributed by atoms with Crippen molar-refractivity contribution in [2.24, 2.45) is 0 Å². The first kappa shape index (κ1) is 20.0. The number of aryl methyl sites for hydroxylation is 1. The molecule has 146 valence electrons. The summed E-state index contributed by atoms with van der Waals surface area (Å²) in [4.78, 5) is 21.2. The Balaban J connectivity index is 1.45. The minimum absolute atomic E-state index is 0.147. The van der Waals surface area contributed by atoms with Crippen molar-refractivity contribution in [1.82, 2.24) is 9.97 Å². The molecular formula is C21H15Br2N3O2S. The third kappa shape index (κ3) is 4.49. The zero-order valence-electron chi connectivity index (χ0n) is 15.3. The van der Waals surface area contributed by atoms with E-state index in [1.54, 1.807) is 6.20 Å². The Labute approximate surface area is 188 Å². The number of carbonyl (C=O) groups excluding carboxylic acids is 1. The molecule has 4 rings (SSSR count). The van der Waals surface area contributed by atoms with E-state index in [9.17, 15) is 4.79 Å². The highest BCUT2D eigenvalue weighted by Gasteiger charge is 2.14. The number of hydrogen-bond acceptors (Lipinski definition) is 5. The van der Waals surface area contributed by atoms with Gasteiger partial charge in [0.15, 0.2) is 17.5 Å². The van der Waals surface area contributed by atoms with Crippen molar-refractivity contribution in [3.8, 4) is 17.0 Å². The number of nitrogens with one attached hydrogen (secondary N) is 1. The van der Waals surface area contributed by atoms with Gasteiger partial charge in [-0.1, -0.05) is 51.8 Å². The number of rotatable bonds is 5. The van der Waals surface area contributed by atoms with Crippen LogP contribution in [0.5, 0.6) is 5.75 Å². The van der Waals surface area contributed by atoms with Crippen molar-refractivity contribution >= 4 is 65.1 Å². The fourth-order valence-corrected chi connectivity index (χ4v) is 4.89. The molecule has 0 aliphatic carbocycles. The second-order valence-corrected chi connectivity index (χ2v) is 8.88. The molecule has 0 saturated carbocycles. The summed E-state index contributed by atoms with van der Waals surface area (Å²) in [6.07, 6.45) is 1.69. The van der Waals surface area contributed by atoms with E-state index in [1.807, 2.05) is 54.8 Å². The topological polar surface area (TPSA) is 64.1 Å². The summed E-state index contributed by atoms with van der Waals surface area (Å²) in [6.45, 7) is 1.89. The van der Waals surface area contributed by atoms with Crippen LogP contribution in [-0.4, -0.2) is 22.5 Å². The van der Waals surface area contributed by atoms with Crippen LogP contribution in [0.15, 0.2) is 63.0 Å². The van der Waals surface area contributed by atoms with Crippen molar-refractivity contribution in [2.45, 2.75) is 6.92 Å². The number of ether oxygens (including phenoxy) is 1.